The maximum atomic E-state index is 12.3. The molecular formula is C22H16N4O8. The lowest BCUT2D eigenvalue weighted by Crippen LogP contribution is -2.42. The molecule has 1 heterocycles. The van der Waals surface area contributed by atoms with Gasteiger partial charge in [0.25, 0.3) is 11.6 Å². The molecule has 0 aliphatic carbocycles. The summed E-state index contributed by atoms with van der Waals surface area (Å²) in [5, 5.41) is 26.1. The molecule has 12 heteroatoms. The third-order valence-electron chi connectivity index (χ3n) is 4.63. The van der Waals surface area contributed by atoms with Gasteiger partial charge >= 0.3 is 5.69 Å². The highest BCUT2D eigenvalue weighted by molar-refractivity contribution is 5.85. The first-order valence-electron chi connectivity index (χ1n) is 9.83. The van der Waals surface area contributed by atoms with Crippen molar-refractivity contribution in [1.82, 2.24) is 5.43 Å². The highest BCUT2D eigenvalue weighted by Gasteiger charge is 2.27. The van der Waals surface area contributed by atoms with Crippen molar-refractivity contribution in [3.05, 3.63) is 92.5 Å². The number of nitrogens with zero attached hydrogens (tertiary/aromatic N) is 3. The summed E-state index contributed by atoms with van der Waals surface area (Å²) >= 11 is 0. The Kier molecular flexibility index (Phi) is 6.30. The van der Waals surface area contributed by atoms with Crippen molar-refractivity contribution < 1.29 is 28.9 Å². The van der Waals surface area contributed by atoms with E-state index in [0.29, 0.717) is 17.1 Å². The van der Waals surface area contributed by atoms with Crippen LogP contribution in [0.5, 0.6) is 23.0 Å². The number of nitro benzene ring substituents is 2. The summed E-state index contributed by atoms with van der Waals surface area (Å²) in [6.07, 6.45) is 0.483. The summed E-state index contributed by atoms with van der Waals surface area (Å²) < 4.78 is 16.7. The molecule has 0 radical (unpaired) electrons. The minimum absolute atomic E-state index is 0.0374. The number of para-hydroxylation sites is 2. The van der Waals surface area contributed by atoms with Crippen LogP contribution in [0.2, 0.25) is 0 Å². The molecule has 3 aromatic rings. The summed E-state index contributed by atoms with van der Waals surface area (Å²) in [4.78, 5) is 33.0. The number of non-ortho nitro benzene ring substituents is 1. The normalized spacial score (nSPS) is 14.4. The van der Waals surface area contributed by atoms with Crippen LogP contribution in [0.1, 0.15) is 5.56 Å². The summed E-state index contributed by atoms with van der Waals surface area (Å²) in [5.41, 5.74) is 1.93. The number of nitrogens with one attached hydrogen (secondary N) is 1. The van der Waals surface area contributed by atoms with Crippen molar-refractivity contribution in [3.63, 3.8) is 0 Å². The Labute approximate surface area is 191 Å². The topological polar surface area (TPSA) is 155 Å². The van der Waals surface area contributed by atoms with Gasteiger partial charge in [-0.05, 0) is 35.9 Å². The number of hydrogen-bond donors (Lipinski definition) is 1. The zero-order chi connectivity index (χ0) is 24.1. The SMILES string of the molecule is O=C(N/N=C\c1cccc(Oc2ccc([N+](=O)[O-])cc2[N+](=O)[O-])c1)C1COc2ccccc2O1. The third kappa shape index (κ3) is 5.07. The smallest absolute Gasteiger partial charge is 0.318 e. The molecule has 0 aromatic heterocycles. The molecule has 1 atom stereocenters. The Hall–Kier alpha value is -5.00. The van der Waals surface area contributed by atoms with E-state index in [1.54, 1.807) is 42.5 Å². The molecule has 0 spiro atoms. The van der Waals surface area contributed by atoms with Crippen molar-refractivity contribution in [2.45, 2.75) is 6.10 Å². The number of ether oxygens (including phenoxy) is 3. The van der Waals surface area contributed by atoms with Gasteiger partial charge in [0.05, 0.1) is 22.1 Å². The number of nitro groups is 2. The fourth-order valence-corrected chi connectivity index (χ4v) is 3.02. The van der Waals surface area contributed by atoms with Crippen LogP contribution in [-0.2, 0) is 4.79 Å². The number of hydrazone groups is 1. The number of hydrogen-bond acceptors (Lipinski definition) is 9. The number of rotatable bonds is 7. The van der Waals surface area contributed by atoms with Gasteiger partial charge < -0.3 is 14.2 Å². The minimum atomic E-state index is -0.871. The van der Waals surface area contributed by atoms with Crippen LogP contribution in [0.4, 0.5) is 11.4 Å². The maximum Gasteiger partial charge on any atom is 0.318 e. The van der Waals surface area contributed by atoms with E-state index in [2.05, 4.69) is 10.5 Å². The minimum Gasteiger partial charge on any atom is -0.485 e. The molecule has 1 amide bonds. The molecule has 1 aliphatic heterocycles. The Morgan fingerprint density at radius 1 is 1.03 bits per heavy atom. The summed E-state index contributed by atoms with van der Waals surface area (Å²) in [5.74, 6) is 0.587. The highest BCUT2D eigenvalue weighted by Crippen LogP contribution is 2.34. The van der Waals surface area contributed by atoms with Gasteiger partial charge in [-0.2, -0.15) is 5.10 Å². The van der Waals surface area contributed by atoms with E-state index in [-0.39, 0.29) is 18.1 Å². The zero-order valence-corrected chi connectivity index (χ0v) is 17.3. The van der Waals surface area contributed by atoms with Gasteiger partial charge in [0, 0.05) is 6.07 Å². The van der Waals surface area contributed by atoms with Crippen LogP contribution >= 0.6 is 0 Å². The lowest BCUT2D eigenvalue weighted by atomic mass is 10.2. The predicted octanol–water partition coefficient (Wildman–Crippen LogP) is 3.59. The fraction of sp³-hybridized carbons (Fsp3) is 0.0909. The Balaban J connectivity index is 1.41. The Morgan fingerprint density at radius 3 is 2.59 bits per heavy atom. The largest absolute Gasteiger partial charge is 0.485 e. The van der Waals surface area contributed by atoms with Crippen LogP contribution in [0.3, 0.4) is 0 Å². The summed E-state index contributed by atoms with van der Waals surface area (Å²) in [7, 11) is 0. The Bertz CT molecular complexity index is 1290. The second kappa shape index (κ2) is 9.65. The van der Waals surface area contributed by atoms with Crippen LogP contribution in [0.25, 0.3) is 0 Å². The molecule has 4 rings (SSSR count). The Morgan fingerprint density at radius 2 is 1.82 bits per heavy atom. The molecule has 0 fully saturated rings. The summed E-state index contributed by atoms with van der Waals surface area (Å²) in [6.45, 7) is 0.0374. The van der Waals surface area contributed by atoms with Gasteiger partial charge in [0.2, 0.25) is 11.9 Å². The standard InChI is InChI=1S/C22H16N4O8/c27-22(21-13-32-19-6-1-2-7-20(19)34-21)24-23-12-14-4-3-5-16(10-14)33-18-9-8-15(25(28)29)11-17(18)26(30)31/h1-12,21H,13H2,(H,24,27)/b23-12-. The van der Waals surface area contributed by atoms with E-state index in [9.17, 15) is 25.0 Å². The van der Waals surface area contributed by atoms with Crippen molar-refractivity contribution in [2.24, 2.45) is 5.10 Å². The first-order valence-corrected chi connectivity index (χ1v) is 9.83. The molecule has 12 nitrogen and oxygen atoms in total. The van der Waals surface area contributed by atoms with Crippen LogP contribution < -0.4 is 19.6 Å². The van der Waals surface area contributed by atoms with E-state index in [1.165, 1.54) is 12.3 Å². The van der Waals surface area contributed by atoms with E-state index in [4.69, 9.17) is 14.2 Å². The van der Waals surface area contributed by atoms with Crippen molar-refractivity contribution in [3.8, 4) is 23.0 Å². The molecule has 0 saturated heterocycles. The first kappa shape index (κ1) is 22.2. The van der Waals surface area contributed by atoms with Crippen molar-refractivity contribution >= 4 is 23.5 Å². The van der Waals surface area contributed by atoms with Gasteiger partial charge in [-0.15, -0.1) is 0 Å². The molecule has 3 aromatic carbocycles. The predicted molar refractivity (Wildman–Crippen MR) is 118 cm³/mol. The number of fused-ring (bicyclic) bond motifs is 1. The highest BCUT2D eigenvalue weighted by atomic mass is 16.6. The molecule has 0 saturated carbocycles. The second-order valence-electron chi connectivity index (χ2n) is 6.94. The van der Waals surface area contributed by atoms with E-state index < -0.39 is 33.2 Å². The van der Waals surface area contributed by atoms with Gasteiger partial charge in [-0.25, -0.2) is 5.43 Å². The maximum absolute atomic E-state index is 12.3. The van der Waals surface area contributed by atoms with Gasteiger partial charge in [-0.1, -0.05) is 24.3 Å². The fourth-order valence-electron chi connectivity index (χ4n) is 3.02. The number of carbonyl (C=O) groups is 1. The van der Waals surface area contributed by atoms with Gasteiger partial charge in [0.15, 0.2) is 11.5 Å². The van der Waals surface area contributed by atoms with Crippen molar-refractivity contribution in [1.29, 1.82) is 0 Å². The molecule has 1 aliphatic rings. The third-order valence-corrected chi connectivity index (χ3v) is 4.63. The molecule has 1 N–H and O–H groups in total. The first-order chi connectivity index (χ1) is 16.4. The molecule has 172 valence electrons. The molecule has 0 bridgehead atoms. The van der Waals surface area contributed by atoms with Crippen LogP contribution in [0.15, 0.2) is 71.8 Å². The van der Waals surface area contributed by atoms with Gasteiger partial charge in [0.1, 0.15) is 12.4 Å². The quantitative estimate of drug-likeness (QED) is 0.316. The molecule has 34 heavy (non-hydrogen) atoms. The van der Waals surface area contributed by atoms with Crippen LogP contribution in [-0.4, -0.2) is 34.7 Å². The van der Waals surface area contributed by atoms with E-state index >= 15 is 0 Å². The lowest BCUT2D eigenvalue weighted by molar-refractivity contribution is -0.394. The lowest BCUT2D eigenvalue weighted by Gasteiger charge is -2.24. The van der Waals surface area contributed by atoms with E-state index in [1.807, 2.05) is 0 Å². The second-order valence-corrected chi connectivity index (χ2v) is 6.94. The number of amides is 1. The number of benzene rings is 3. The molecule has 1 unspecified atom stereocenters. The van der Waals surface area contributed by atoms with Crippen LogP contribution in [0, 0.1) is 20.2 Å². The van der Waals surface area contributed by atoms with E-state index in [0.717, 1.165) is 18.2 Å². The monoisotopic (exact) mass is 464 g/mol. The average Bonchev–Trinajstić information content (AvgIpc) is 2.84. The zero-order valence-electron chi connectivity index (χ0n) is 17.3. The molecular weight excluding hydrogens is 448 g/mol. The summed E-state index contributed by atoms with van der Waals surface area (Å²) in [6, 6.07) is 16.4. The number of carbonyl (C=O) groups excluding carboxylic acids is 1. The van der Waals surface area contributed by atoms with Crippen molar-refractivity contribution in [2.75, 3.05) is 6.61 Å². The average molecular weight is 464 g/mol. The van der Waals surface area contributed by atoms with Gasteiger partial charge in [-0.3, -0.25) is 25.0 Å².